The summed E-state index contributed by atoms with van der Waals surface area (Å²) in [4.78, 5) is 14.5. The molecule has 15 heavy (non-hydrogen) atoms. The highest BCUT2D eigenvalue weighted by Gasteiger charge is 2.09. The third-order valence-corrected chi connectivity index (χ3v) is 2.81. The Hall–Kier alpha value is -0.980. The molecule has 0 saturated heterocycles. The number of aromatic nitrogens is 1. The van der Waals surface area contributed by atoms with Gasteiger partial charge in [0.15, 0.2) is 0 Å². The molecule has 0 aliphatic rings. The second-order valence-electron chi connectivity index (χ2n) is 3.24. The largest absolute Gasteiger partial charge is 0.476 e. The van der Waals surface area contributed by atoms with Crippen molar-refractivity contribution in [2.45, 2.75) is 25.9 Å². The highest BCUT2D eigenvalue weighted by Crippen LogP contribution is 2.09. The first kappa shape index (κ1) is 12.1. The molecule has 0 aliphatic carbocycles. The summed E-state index contributed by atoms with van der Waals surface area (Å²) in [5, 5.41) is 22.3. The number of hydrogen-bond donors (Lipinski definition) is 3. The van der Waals surface area contributed by atoms with Gasteiger partial charge in [0.1, 0.15) is 0 Å². The van der Waals surface area contributed by atoms with Crippen LogP contribution in [0.5, 0.6) is 0 Å². The summed E-state index contributed by atoms with van der Waals surface area (Å²) in [7, 11) is 0. The summed E-state index contributed by atoms with van der Waals surface area (Å²) in [5.41, 5.74) is 0.724. The number of hydrogen-bond acceptors (Lipinski definition) is 5. The Kier molecular flexibility index (Phi) is 4.67. The molecule has 0 radical (unpaired) electrons. The first-order valence-electron chi connectivity index (χ1n) is 4.65. The van der Waals surface area contributed by atoms with Gasteiger partial charge < -0.3 is 15.5 Å². The minimum atomic E-state index is -0.991. The number of carbonyl (C=O) groups is 1. The number of aromatic carboxylic acids is 1. The summed E-state index contributed by atoms with van der Waals surface area (Å²) in [5.74, 6) is -0.991. The second-order valence-corrected chi connectivity index (χ2v) is 4.10. The van der Waals surface area contributed by atoms with Crippen molar-refractivity contribution in [3.63, 3.8) is 0 Å². The van der Waals surface area contributed by atoms with Gasteiger partial charge >= 0.3 is 5.97 Å². The lowest BCUT2D eigenvalue weighted by molar-refractivity contribution is 0.0696. The normalized spacial score (nSPS) is 12.7. The maximum Gasteiger partial charge on any atom is 0.365 e. The van der Waals surface area contributed by atoms with Crippen molar-refractivity contribution in [2.24, 2.45) is 0 Å². The van der Waals surface area contributed by atoms with Crippen LogP contribution in [0.15, 0.2) is 5.38 Å². The number of thiazole rings is 1. The molecule has 1 unspecified atom stereocenters. The van der Waals surface area contributed by atoms with Crippen molar-refractivity contribution < 1.29 is 15.0 Å². The minimum Gasteiger partial charge on any atom is -0.476 e. The smallest absolute Gasteiger partial charge is 0.365 e. The Morgan fingerprint density at radius 1 is 1.73 bits per heavy atom. The molecule has 0 aliphatic heterocycles. The summed E-state index contributed by atoms with van der Waals surface area (Å²) in [6, 6.07) is 0.199. The average Bonchev–Trinajstić information content (AvgIpc) is 2.63. The van der Waals surface area contributed by atoms with Crippen LogP contribution in [0.4, 0.5) is 0 Å². The summed E-state index contributed by atoms with van der Waals surface area (Å²) in [6.07, 6.45) is 0.677. The van der Waals surface area contributed by atoms with Gasteiger partial charge in [-0.1, -0.05) is 0 Å². The zero-order chi connectivity index (χ0) is 11.3. The van der Waals surface area contributed by atoms with Gasteiger partial charge in [0.05, 0.1) is 5.69 Å². The maximum atomic E-state index is 10.5. The Labute approximate surface area is 91.8 Å². The van der Waals surface area contributed by atoms with E-state index in [2.05, 4.69) is 10.3 Å². The highest BCUT2D eigenvalue weighted by molar-refractivity contribution is 7.11. The van der Waals surface area contributed by atoms with Crippen molar-refractivity contribution in [1.29, 1.82) is 0 Å². The van der Waals surface area contributed by atoms with Crippen molar-refractivity contribution in [2.75, 3.05) is 6.61 Å². The van der Waals surface area contributed by atoms with E-state index >= 15 is 0 Å². The van der Waals surface area contributed by atoms with E-state index in [4.69, 9.17) is 10.2 Å². The van der Waals surface area contributed by atoms with Crippen LogP contribution in [0.3, 0.4) is 0 Å². The molecule has 5 nitrogen and oxygen atoms in total. The predicted octanol–water partition coefficient (Wildman–Crippen LogP) is 0.702. The van der Waals surface area contributed by atoms with Crippen LogP contribution in [0.2, 0.25) is 0 Å². The summed E-state index contributed by atoms with van der Waals surface area (Å²) >= 11 is 1.12. The fourth-order valence-electron chi connectivity index (χ4n) is 1.06. The van der Waals surface area contributed by atoms with Crippen molar-refractivity contribution in [3.8, 4) is 0 Å². The summed E-state index contributed by atoms with van der Waals surface area (Å²) in [6.45, 7) is 2.64. The number of carboxylic acids is 1. The zero-order valence-corrected chi connectivity index (χ0v) is 9.25. The van der Waals surface area contributed by atoms with Crippen LogP contribution >= 0.6 is 11.3 Å². The Morgan fingerprint density at radius 3 is 3.00 bits per heavy atom. The van der Waals surface area contributed by atoms with Crippen LogP contribution in [0, 0.1) is 0 Å². The number of aliphatic hydroxyl groups is 1. The van der Waals surface area contributed by atoms with E-state index in [0.29, 0.717) is 13.0 Å². The maximum absolute atomic E-state index is 10.5. The highest BCUT2D eigenvalue weighted by atomic mass is 32.1. The van der Waals surface area contributed by atoms with Gasteiger partial charge in [0.2, 0.25) is 5.01 Å². The predicted molar refractivity (Wildman–Crippen MR) is 57.1 cm³/mol. The van der Waals surface area contributed by atoms with Gasteiger partial charge in [-0.2, -0.15) is 0 Å². The lowest BCUT2D eigenvalue weighted by Crippen LogP contribution is -2.26. The monoisotopic (exact) mass is 230 g/mol. The number of nitrogens with one attached hydrogen (secondary N) is 1. The van der Waals surface area contributed by atoms with E-state index in [-0.39, 0.29) is 17.7 Å². The first-order valence-corrected chi connectivity index (χ1v) is 5.53. The van der Waals surface area contributed by atoms with E-state index in [1.807, 2.05) is 6.92 Å². The fourth-order valence-corrected chi connectivity index (χ4v) is 1.72. The van der Waals surface area contributed by atoms with E-state index < -0.39 is 5.97 Å². The molecule has 3 N–H and O–H groups in total. The molecule has 1 rings (SSSR count). The van der Waals surface area contributed by atoms with Crippen LogP contribution in [0.25, 0.3) is 0 Å². The second kappa shape index (κ2) is 5.79. The van der Waals surface area contributed by atoms with Crippen LogP contribution < -0.4 is 5.32 Å². The summed E-state index contributed by atoms with van der Waals surface area (Å²) < 4.78 is 0. The molecule has 84 valence electrons. The standard InChI is InChI=1S/C9H14N2O3S/c1-6(2-3-12)10-4-7-5-15-8(11-7)9(13)14/h5-6,10,12H,2-4H2,1H3,(H,13,14). The minimum absolute atomic E-state index is 0.113. The molecule has 1 heterocycles. The molecule has 1 atom stereocenters. The van der Waals surface area contributed by atoms with Crippen molar-refractivity contribution >= 4 is 17.3 Å². The molecule has 0 aromatic carbocycles. The third kappa shape index (κ3) is 3.94. The molecule has 1 aromatic heterocycles. The third-order valence-electron chi connectivity index (χ3n) is 1.93. The molecule has 0 fully saturated rings. The molecular formula is C9H14N2O3S. The Balaban J connectivity index is 2.40. The molecule has 0 amide bonds. The van der Waals surface area contributed by atoms with Gasteiger partial charge in [-0.25, -0.2) is 9.78 Å². The molecule has 0 saturated carbocycles. The van der Waals surface area contributed by atoms with Crippen molar-refractivity contribution in [1.82, 2.24) is 10.3 Å². The van der Waals surface area contributed by atoms with Gasteiger partial charge in [-0.3, -0.25) is 0 Å². The van der Waals surface area contributed by atoms with Crippen molar-refractivity contribution in [3.05, 3.63) is 16.1 Å². The van der Waals surface area contributed by atoms with Gasteiger partial charge in [0.25, 0.3) is 0 Å². The zero-order valence-electron chi connectivity index (χ0n) is 8.43. The lowest BCUT2D eigenvalue weighted by atomic mass is 10.2. The van der Waals surface area contributed by atoms with E-state index in [9.17, 15) is 4.79 Å². The Morgan fingerprint density at radius 2 is 2.47 bits per heavy atom. The Bertz CT molecular complexity index is 327. The molecule has 1 aromatic rings. The first-order chi connectivity index (χ1) is 7.13. The van der Waals surface area contributed by atoms with E-state index in [1.165, 1.54) is 0 Å². The number of nitrogens with zero attached hydrogens (tertiary/aromatic N) is 1. The quantitative estimate of drug-likeness (QED) is 0.670. The van der Waals surface area contributed by atoms with Gasteiger partial charge in [-0.15, -0.1) is 11.3 Å². The molecule has 6 heteroatoms. The number of rotatable bonds is 6. The SMILES string of the molecule is CC(CCO)NCc1csc(C(=O)O)n1. The lowest BCUT2D eigenvalue weighted by Gasteiger charge is -2.10. The average molecular weight is 230 g/mol. The van der Waals surface area contributed by atoms with E-state index in [1.54, 1.807) is 5.38 Å². The fraction of sp³-hybridized carbons (Fsp3) is 0.556. The number of carboxylic acid groups (broad SMARTS) is 1. The molecule has 0 bridgehead atoms. The van der Waals surface area contributed by atoms with Crippen LogP contribution in [-0.4, -0.2) is 33.8 Å². The topological polar surface area (TPSA) is 82.5 Å². The molecule has 0 spiro atoms. The van der Waals surface area contributed by atoms with Crippen LogP contribution in [-0.2, 0) is 6.54 Å². The van der Waals surface area contributed by atoms with E-state index in [0.717, 1.165) is 17.0 Å². The van der Waals surface area contributed by atoms with Gasteiger partial charge in [0, 0.05) is 24.6 Å². The van der Waals surface area contributed by atoms with Crippen LogP contribution in [0.1, 0.15) is 28.8 Å². The van der Waals surface area contributed by atoms with Gasteiger partial charge in [-0.05, 0) is 13.3 Å². The number of aliphatic hydroxyl groups excluding tert-OH is 1. The molecular weight excluding hydrogens is 216 g/mol.